The van der Waals surface area contributed by atoms with E-state index in [9.17, 15) is 4.79 Å². The van der Waals surface area contributed by atoms with Crippen molar-refractivity contribution in [1.82, 2.24) is 29.3 Å². The molecule has 172 valence electrons. The SMILES string of the molecule is CN1CCc2nc3ccnn3c(N3CC(C(=O)N4CCC(N5CCCC5)CC4)C3)c2CC1. The Bertz CT molecular complexity index is 984. The van der Waals surface area contributed by atoms with Gasteiger partial charge < -0.3 is 19.6 Å². The van der Waals surface area contributed by atoms with Crippen LogP contribution in [0.1, 0.15) is 36.9 Å². The summed E-state index contributed by atoms with van der Waals surface area (Å²) in [5, 5.41) is 4.58. The van der Waals surface area contributed by atoms with Crippen LogP contribution in [0.25, 0.3) is 5.65 Å². The molecule has 0 unspecified atom stereocenters. The van der Waals surface area contributed by atoms with Crippen LogP contribution in [0, 0.1) is 5.92 Å². The van der Waals surface area contributed by atoms with Gasteiger partial charge in [0.05, 0.1) is 17.8 Å². The van der Waals surface area contributed by atoms with Gasteiger partial charge in [-0.2, -0.15) is 9.61 Å². The molecule has 8 heteroatoms. The van der Waals surface area contributed by atoms with E-state index < -0.39 is 0 Å². The van der Waals surface area contributed by atoms with Crippen LogP contribution in [-0.4, -0.2) is 101 Å². The van der Waals surface area contributed by atoms with Crippen LogP contribution in [0.15, 0.2) is 12.3 Å². The van der Waals surface area contributed by atoms with Crippen LogP contribution in [0.3, 0.4) is 0 Å². The number of fused-ring (bicyclic) bond motifs is 2. The lowest BCUT2D eigenvalue weighted by Gasteiger charge is -2.44. The Balaban J connectivity index is 1.14. The van der Waals surface area contributed by atoms with Crippen molar-refractivity contribution in [3.63, 3.8) is 0 Å². The van der Waals surface area contributed by atoms with Crippen LogP contribution in [0.5, 0.6) is 0 Å². The summed E-state index contributed by atoms with van der Waals surface area (Å²) < 4.78 is 1.99. The van der Waals surface area contributed by atoms with Gasteiger partial charge in [-0.05, 0) is 52.2 Å². The molecule has 4 aliphatic rings. The first-order valence-corrected chi connectivity index (χ1v) is 12.5. The summed E-state index contributed by atoms with van der Waals surface area (Å²) in [5.74, 6) is 1.64. The number of carbonyl (C=O) groups excluding carboxylic acids is 1. The van der Waals surface area contributed by atoms with Crippen molar-refractivity contribution < 1.29 is 4.79 Å². The monoisotopic (exact) mass is 437 g/mol. The predicted molar refractivity (Wildman–Crippen MR) is 124 cm³/mol. The van der Waals surface area contributed by atoms with E-state index in [0.717, 1.165) is 70.6 Å². The van der Waals surface area contributed by atoms with E-state index in [1.54, 1.807) is 0 Å². The fourth-order valence-electron chi connectivity index (χ4n) is 6.13. The van der Waals surface area contributed by atoms with Crippen molar-refractivity contribution in [2.24, 2.45) is 5.92 Å². The molecule has 3 fully saturated rings. The molecule has 1 amide bonds. The molecule has 0 saturated carbocycles. The number of nitrogens with zero attached hydrogens (tertiary/aromatic N) is 7. The van der Waals surface area contributed by atoms with Gasteiger partial charge >= 0.3 is 0 Å². The predicted octanol–water partition coefficient (Wildman–Crippen LogP) is 1.28. The molecule has 0 atom stereocenters. The summed E-state index contributed by atoms with van der Waals surface area (Å²) in [6, 6.07) is 2.68. The molecule has 3 saturated heterocycles. The molecule has 0 aliphatic carbocycles. The third kappa shape index (κ3) is 3.57. The number of rotatable bonds is 3. The number of likely N-dealkylation sites (tertiary alicyclic amines) is 2. The minimum atomic E-state index is 0.112. The van der Waals surface area contributed by atoms with Crippen LogP contribution in [-0.2, 0) is 17.6 Å². The standard InChI is InChI=1S/C24H35N7O/c1-27-12-7-20-21(8-13-27)26-22-4-9-25-31(22)23(20)30-16-18(17-30)24(32)29-14-5-19(6-15-29)28-10-2-3-11-28/h4,9,18-19H,2-3,5-8,10-17H2,1H3. The molecule has 0 N–H and O–H groups in total. The topological polar surface area (TPSA) is 60.2 Å². The minimum absolute atomic E-state index is 0.112. The molecule has 32 heavy (non-hydrogen) atoms. The Morgan fingerprint density at radius 2 is 1.75 bits per heavy atom. The molecule has 8 nitrogen and oxygen atoms in total. The Kier molecular flexibility index (Phi) is 5.30. The first-order chi connectivity index (χ1) is 15.7. The molecule has 2 aromatic heterocycles. The van der Waals surface area contributed by atoms with Gasteiger partial charge in [0.15, 0.2) is 5.65 Å². The Morgan fingerprint density at radius 3 is 2.53 bits per heavy atom. The lowest BCUT2D eigenvalue weighted by atomic mass is 9.94. The third-order valence-corrected chi connectivity index (χ3v) is 8.13. The van der Waals surface area contributed by atoms with Crippen molar-refractivity contribution in [1.29, 1.82) is 0 Å². The van der Waals surface area contributed by atoms with Gasteiger partial charge in [-0.3, -0.25) is 4.79 Å². The number of carbonyl (C=O) groups is 1. The average molecular weight is 438 g/mol. The molecular weight excluding hydrogens is 402 g/mol. The lowest BCUT2D eigenvalue weighted by Crippen LogP contribution is -2.57. The van der Waals surface area contributed by atoms with Gasteiger partial charge in [0.1, 0.15) is 5.82 Å². The summed E-state index contributed by atoms with van der Waals surface area (Å²) in [5.41, 5.74) is 3.45. The van der Waals surface area contributed by atoms with E-state index in [2.05, 4.69) is 31.7 Å². The highest BCUT2D eigenvalue weighted by molar-refractivity contribution is 5.82. The zero-order valence-corrected chi connectivity index (χ0v) is 19.2. The number of hydrogen-bond acceptors (Lipinski definition) is 6. The van der Waals surface area contributed by atoms with Gasteiger partial charge in [-0.25, -0.2) is 4.98 Å². The summed E-state index contributed by atoms with van der Waals surface area (Å²) in [7, 11) is 2.18. The quantitative estimate of drug-likeness (QED) is 0.721. The van der Waals surface area contributed by atoms with Gasteiger partial charge in [-0.1, -0.05) is 0 Å². The molecule has 0 radical (unpaired) electrons. The molecule has 0 bridgehead atoms. The van der Waals surface area contributed by atoms with Crippen LogP contribution < -0.4 is 4.90 Å². The van der Waals surface area contributed by atoms with Gasteiger partial charge in [0.2, 0.25) is 5.91 Å². The molecule has 2 aromatic rings. The molecule has 6 heterocycles. The summed E-state index contributed by atoms with van der Waals surface area (Å²) in [6.45, 7) is 8.04. The van der Waals surface area contributed by atoms with E-state index in [0.29, 0.717) is 11.9 Å². The molecule has 4 aliphatic heterocycles. The summed E-state index contributed by atoms with van der Waals surface area (Å²) in [4.78, 5) is 27.7. The zero-order valence-electron chi connectivity index (χ0n) is 19.2. The van der Waals surface area contributed by atoms with Crippen molar-refractivity contribution in [3.8, 4) is 0 Å². The molecule has 6 rings (SSSR count). The fraction of sp³-hybridized carbons (Fsp3) is 0.708. The zero-order chi connectivity index (χ0) is 21.7. The Hall–Kier alpha value is -2.19. The van der Waals surface area contributed by atoms with E-state index in [1.165, 1.54) is 43.0 Å². The van der Waals surface area contributed by atoms with E-state index >= 15 is 0 Å². The number of anilines is 1. The maximum Gasteiger partial charge on any atom is 0.229 e. The Labute approximate surface area is 190 Å². The van der Waals surface area contributed by atoms with E-state index in [1.807, 2.05) is 16.8 Å². The van der Waals surface area contributed by atoms with Crippen LogP contribution in [0.2, 0.25) is 0 Å². The van der Waals surface area contributed by atoms with Crippen LogP contribution in [0.4, 0.5) is 5.82 Å². The van der Waals surface area contributed by atoms with Gasteiger partial charge in [0.25, 0.3) is 0 Å². The number of likely N-dealkylation sites (N-methyl/N-ethyl adjacent to an activating group) is 1. The largest absolute Gasteiger partial charge is 0.354 e. The smallest absolute Gasteiger partial charge is 0.229 e. The lowest BCUT2D eigenvalue weighted by molar-refractivity contribution is -0.137. The van der Waals surface area contributed by atoms with Gasteiger partial charge in [0, 0.05) is 63.4 Å². The molecule has 0 spiro atoms. The number of aromatic nitrogens is 3. The Morgan fingerprint density at radius 1 is 1.00 bits per heavy atom. The maximum absolute atomic E-state index is 13.2. The second-order valence-corrected chi connectivity index (χ2v) is 10.2. The van der Waals surface area contributed by atoms with Crippen molar-refractivity contribution in [2.75, 3.05) is 64.3 Å². The number of hydrogen-bond donors (Lipinski definition) is 0. The highest BCUT2D eigenvalue weighted by atomic mass is 16.2. The van der Waals surface area contributed by atoms with E-state index in [-0.39, 0.29) is 5.92 Å². The van der Waals surface area contributed by atoms with Gasteiger partial charge in [-0.15, -0.1) is 0 Å². The van der Waals surface area contributed by atoms with Crippen molar-refractivity contribution >= 4 is 17.4 Å². The normalized spacial score (nSPS) is 24.0. The third-order valence-electron chi connectivity index (χ3n) is 8.13. The summed E-state index contributed by atoms with van der Waals surface area (Å²) in [6.07, 6.45) is 8.77. The maximum atomic E-state index is 13.2. The highest BCUT2D eigenvalue weighted by Gasteiger charge is 2.39. The van der Waals surface area contributed by atoms with Crippen molar-refractivity contribution in [3.05, 3.63) is 23.5 Å². The minimum Gasteiger partial charge on any atom is -0.354 e. The molecular formula is C24H35N7O. The first-order valence-electron chi connectivity index (χ1n) is 12.5. The van der Waals surface area contributed by atoms with E-state index in [4.69, 9.17) is 4.98 Å². The second kappa shape index (κ2) is 8.30. The average Bonchev–Trinajstić information content (AvgIpc) is 3.44. The second-order valence-electron chi connectivity index (χ2n) is 10.2. The first kappa shape index (κ1) is 20.4. The molecule has 0 aromatic carbocycles. The number of piperidine rings is 1. The van der Waals surface area contributed by atoms with Crippen molar-refractivity contribution in [2.45, 2.75) is 44.6 Å². The number of amides is 1. The van der Waals surface area contributed by atoms with Crippen LogP contribution >= 0.6 is 0 Å². The fourth-order valence-corrected chi connectivity index (χ4v) is 6.13. The summed E-state index contributed by atoms with van der Waals surface area (Å²) >= 11 is 0. The highest BCUT2D eigenvalue weighted by Crippen LogP contribution is 2.33.